The smallest absolute Gasteiger partial charge is 0.198 e. The van der Waals surface area contributed by atoms with Gasteiger partial charge in [0.05, 0.1) is 25.3 Å². The van der Waals surface area contributed by atoms with Gasteiger partial charge in [-0.2, -0.15) is 0 Å². The molecule has 2 aromatic rings. The normalized spacial score (nSPS) is 29.9. The summed E-state index contributed by atoms with van der Waals surface area (Å²) in [4.78, 5) is 25.4. The highest BCUT2D eigenvalue weighted by Crippen LogP contribution is 2.49. The second-order valence-corrected chi connectivity index (χ2v) is 12.5. The molecule has 0 amide bonds. The Morgan fingerprint density at radius 2 is 1.07 bits per heavy atom. The maximum atomic E-state index is 12.7. The van der Waals surface area contributed by atoms with Crippen molar-refractivity contribution < 1.29 is 49.0 Å². The zero-order valence-electron chi connectivity index (χ0n) is 25.9. The number of Topliss-reactive ketones (excluding diaryl/α,β-unsaturated/α-hetero) is 2. The van der Waals surface area contributed by atoms with Crippen molar-refractivity contribution in [3.8, 4) is 34.5 Å². The van der Waals surface area contributed by atoms with Crippen LogP contribution in [0.2, 0.25) is 0 Å². The fourth-order valence-electron chi connectivity index (χ4n) is 6.26. The Hall–Kier alpha value is -4.02. The molecule has 4 N–H and O–H groups in total. The van der Waals surface area contributed by atoms with E-state index >= 15 is 0 Å². The number of carbonyl (C=O) groups excluding carboxylic acids is 2. The zero-order valence-corrected chi connectivity index (χ0v) is 25.9. The van der Waals surface area contributed by atoms with Crippen LogP contribution in [0.15, 0.2) is 35.4 Å². The highest BCUT2D eigenvalue weighted by molar-refractivity contribution is 6.07. The highest BCUT2D eigenvalue weighted by atomic mass is 16.6. The van der Waals surface area contributed by atoms with E-state index in [2.05, 4.69) is 12.2 Å². The third kappa shape index (κ3) is 5.64. The molecule has 0 unspecified atom stereocenters. The molecular formula is C34H40O10. The van der Waals surface area contributed by atoms with E-state index in [-0.39, 0.29) is 57.2 Å². The number of epoxide rings is 2. The molecule has 2 aromatic carbocycles. The van der Waals surface area contributed by atoms with Crippen molar-refractivity contribution in [2.75, 3.05) is 14.2 Å². The van der Waals surface area contributed by atoms with Crippen LogP contribution in [0.4, 0.5) is 0 Å². The Morgan fingerprint density at radius 3 is 1.41 bits per heavy atom. The SMILES string of the molecule is COc1cc(O)c2c(c1O)C/C(C)=C\CC[C@@]1(C)O[C@@H]1C2=O.COc1cc(O)c2c(c1O)C/C(C)=C\CC[C@@]1(C)O[C@@H]1C2=O. The van der Waals surface area contributed by atoms with Gasteiger partial charge < -0.3 is 39.4 Å². The second kappa shape index (κ2) is 11.5. The topological polar surface area (TPSA) is 159 Å². The largest absolute Gasteiger partial charge is 0.507 e. The number of ether oxygens (including phenoxy) is 4. The Labute approximate surface area is 256 Å². The van der Waals surface area contributed by atoms with Gasteiger partial charge in [-0.1, -0.05) is 23.3 Å². The zero-order chi connectivity index (χ0) is 32.1. The average Bonchev–Trinajstić information content (AvgIpc) is 3.85. The number of hydrogen-bond donors (Lipinski definition) is 4. The van der Waals surface area contributed by atoms with E-state index in [1.54, 1.807) is 0 Å². The van der Waals surface area contributed by atoms with E-state index in [9.17, 15) is 30.0 Å². The van der Waals surface area contributed by atoms with Crippen molar-refractivity contribution in [3.63, 3.8) is 0 Å². The van der Waals surface area contributed by atoms with Gasteiger partial charge in [-0.05, 0) is 66.2 Å². The van der Waals surface area contributed by atoms with Gasteiger partial charge in [0, 0.05) is 23.3 Å². The standard InChI is InChI=1S/2C17H20O5/c2*1-9-5-4-6-17(2)16(22-17)15(20)13-10(7-9)14(19)12(21-3)8-11(13)18/h2*5,8,16,18-19H,4,6-7H2,1-3H3/b2*9-5-/t2*16-,17-/m11/s1. The molecule has 2 aliphatic carbocycles. The lowest BCUT2D eigenvalue weighted by Gasteiger charge is -2.17. The van der Waals surface area contributed by atoms with Gasteiger partial charge in [0.15, 0.2) is 34.6 Å². The van der Waals surface area contributed by atoms with E-state index in [4.69, 9.17) is 18.9 Å². The molecule has 0 spiro atoms. The van der Waals surface area contributed by atoms with Gasteiger partial charge in [0.2, 0.25) is 0 Å². The average molecular weight is 609 g/mol. The third-order valence-electron chi connectivity index (χ3n) is 9.05. The molecule has 10 nitrogen and oxygen atoms in total. The van der Waals surface area contributed by atoms with Crippen molar-refractivity contribution in [3.05, 3.63) is 57.7 Å². The van der Waals surface area contributed by atoms with E-state index in [0.717, 1.165) is 36.8 Å². The summed E-state index contributed by atoms with van der Waals surface area (Å²) in [5.74, 6) is -0.785. The number of fused-ring (bicyclic) bond motifs is 4. The number of ketones is 2. The monoisotopic (exact) mass is 608 g/mol. The van der Waals surface area contributed by atoms with Crippen molar-refractivity contribution in [2.45, 2.75) is 89.6 Å². The van der Waals surface area contributed by atoms with Gasteiger partial charge in [-0.15, -0.1) is 0 Å². The molecule has 0 saturated carbocycles. The molecule has 4 atom stereocenters. The lowest BCUT2D eigenvalue weighted by molar-refractivity contribution is 0.0942. The first-order valence-corrected chi connectivity index (χ1v) is 14.7. The predicted molar refractivity (Wildman–Crippen MR) is 161 cm³/mol. The number of aromatic hydroxyl groups is 4. The maximum absolute atomic E-state index is 12.7. The molecule has 6 rings (SSSR count). The molecule has 2 fully saturated rings. The number of carbonyl (C=O) groups is 2. The summed E-state index contributed by atoms with van der Waals surface area (Å²) in [6.07, 6.45) is 6.99. The van der Waals surface area contributed by atoms with Crippen LogP contribution in [-0.4, -0.2) is 69.6 Å². The number of hydrogen-bond acceptors (Lipinski definition) is 10. The first-order valence-electron chi connectivity index (χ1n) is 14.7. The maximum Gasteiger partial charge on any atom is 0.198 e. The first-order chi connectivity index (χ1) is 20.7. The van der Waals surface area contributed by atoms with Crippen LogP contribution in [0, 0.1) is 0 Å². The first kappa shape index (κ1) is 31.4. The quantitative estimate of drug-likeness (QED) is 0.196. The van der Waals surface area contributed by atoms with Gasteiger partial charge in [0.1, 0.15) is 34.9 Å². The molecule has 4 aliphatic rings. The number of allylic oxidation sites excluding steroid dienone is 4. The fourth-order valence-corrected chi connectivity index (χ4v) is 6.26. The van der Waals surface area contributed by atoms with Crippen LogP contribution < -0.4 is 9.47 Å². The molecule has 0 aromatic heterocycles. The van der Waals surface area contributed by atoms with Gasteiger partial charge in [0.25, 0.3) is 0 Å². The van der Waals surface area contributed by atoms with E-state index < -0.39 is 23.4 Å². The van der Waals surface area contributed by atoms with Crippen molar-refractivity contribution in [2.24, 2.45) is 0 Å². The minimum absolute atomic E-state index is 0.0978. The Kier molecular flexibility index (Phi) is 8.20. The molecule has 236 valence electrons. The minimum Gasteiger partial charge on any atom is -0.507 e. The molecule has 0 bridgehead atoms. The lowest BCUT2D eigenvalue weighted by atomic mass is 9.88. The van der Waals surface area contributed by atoms with E-state index in [1.807, 2.05) is 27.7 Å². The highest BCUT2D eigenvalue weighted by Gasteiger charge is 2.58. The number of phenols is 4. The van der Waals surface area contributed by atoms with Crippen molar-refractivity contribution in [1.29, 1.82) is 0 Å². The van der Waals surface area contributed by atoms with Crippen LogP contribution in [0.3, 0.4) is 0 Å². The van der Waals surface area contributed by atoms with Gasteiger partial charge >= 0.3 is 0 Å². The molecule has 44 heavy (non-hydrogen) atoms. The number of phenolic OH excluding ortho intramolecular Hbond substituents is 4. The predicted octanol–water partition coefficient (Wildman–Crippen LogP) is 5.46. The summed E-state index contributed by atoms with van der Waals surface area (Å²) in [6, 6.07) is 2.55. The van der Waals surface area contributed by atoms with Crippen LogP contribution in [0.5, 0.6) is 34.5 Å². The summed E-state index contributed by atoms with van der Waals surface area (Å²) < 4.78 is 21.3. The third-order valence-corrected chi connectivity index (χ3v) is 9.05. The Balaban J connectivity index is 0.000000175. The molecule has 2 aliphatic heterocycles. The minimum atomic E-state index is -0.559. The fraction of sp³-hybridized carbons (Fsp3) is 0.471. The van der Waals surface area contributed by atoms with E-state index in [0.29, 0.717) is 24.0 Å². The summed E-state index contributed by atoms with van der Waals surface area (Å²) >= 11 is 0. The number of benzene rings is 2. The molecule has 2 heterocycles. The van der Waals surface area contributed by atoms with Crippen molar-refractivity contribution in [1.82, 2.24) is 0 Å². The summed E-state index contributed by atoms with van der Waals surface area (Å²) in [6.45, 7) is 7.69. The second-order valence-electron chi connectivity index (χ2n) is 12.5. The van der Waals surface area contributed by atoms with Crippen LogP contribution >= 0.6 is 0 Å². The van der Waals surface area contributed by atoms with Crippen molar-refractivity contribution >= 4 is 11.6 Å². The van der Waals surface area contributed by atoms with Gasteiger partial charge in [-0.3, -0.25) is 9.59 Å². The van der Waals surface area contributed by atoms with Gasteiger partial charge in [-0.25, -0.2) is 0 Å². The van der Waals surface area contributed by atoms with Crippen LogP contribution in [0.1, 0.15) is 85.2 Å². The summed E-state index contributed by atoms with van der Waals surface area (Å²) in [5, 5.41) is 41.3. The number of rotatable bonds is 2. The van der Waals surface area contributed by atoms with Crippen LogP contribution in [0.25, 0.3) is 0 Å². The van der Waals surface area contributed by atoms with E-state index in [1.165, 1.54) is 26.4 Å². The molecular weight excluding hydrogens is 568 g/mol. The summed E-state index contributed by atoms with van der Waals surface area (Å²) in [5.41, 5.74) is 2.17. The molecule has 0 radical (unpaired) electrons. The molecule has 10 heteroatoms. The lowest BCUT2D eigenvalue weighted by Crippen LogP contribution is -2.20. The summed E-state index contributed by atoms with van der Waals surface area (Å²) in [7, 11) is 2.82. The molecule has 2 saturated heterocycles. The number of methoxy groups -OCH3 is 2. The Bertz CT molecular complexity index is 1470. The Morgan fingerprint density at radius 1 is 0.705 bits per heavy atom. The van der Waals surface area contributed by atoms with Crippen LogP contribution in [-0.2, 0) is 22.3 Å².